The van der Waals surface area contributed by atoms with Crippen LogP contribution in [0.4, 0.5) is 8.78 Å². The number of aromatic nitrogens is 1. The van der Waals surface area contributed by atoms with Gasteiger partial charge in [-0.25, -0.2) is 13.8 Å². The van der Waals surface area contributed by atoms with Crippen LogP contribution in [0.3, 0.4) is 0 Å². The molecule has 0 radical (unpaired) electrons. The molecule has 7 heteroatoms. The van der Waals surface area contributed by atoms with Gasteiger partial charge in [0.15, 0.2) is 11.7 Å². The number of carbonyl (C=O) groups excluding carboxylic acids is 1. The minimum absolute atomic E-state index is 0.0336. The first kappa shape index (κ1) is 20.0. The smallest absolute Gasteiger partial charge is 0.222 e. The van der Waals surface area contributed by atoms with E-state index in [9.17, 15) is 13.6 Å². The van der Waals surface area contributed by atoms with E-state index in [1.165, 1.54) is 12.3 Å². The number of nitrogens with two attached hydrogens (primary N) is 1. The van der Waals surface area contributed by atoms with E-state index in [4.69, 9.17) is 10.2 Å². The lowest BCUT2D eigenvalue weighted by molar-refractivity contribution is -0.130. The average molecular weight is 365 g/mol. The predicted octanol–water partition coefficient (Wildman–Crippen LogP) is 3.38. The molecule has 0 aliphatic heterocycles. The summed E-state index contributed by atoms with van der Waals surface area (Å²) in [6, 6.07) is 3.30. The molecular weight excluding hydrogens is 340 g/mol. The Labute approximate surface area is 152 Å². The van der Waals surface area contributed by atoms with E-state index in [1.807, 2.05) is 0 Å². The fraction of sp³-hybridized carbons (Fsp3) is 0.474. The molecule has 1 heterocycles. The van der Waals surface area contributed by atoms with Crippen molar-refractivity contribution in [3.8, 4) is 11.3 Å². The summed E-state index contributed by atoms with van der Waals surface area (Å²) in [4.78, 5) is 17.9. The molecule has 0 fully saturated rings. The van der Waals surface area contributed by atoms with Gasteiger partial charge in [-0.1, -0.05) is 13.8 Å². The molecule has 1 atom stereocenters. The normalized spacial score (nSPS) is 12.4. The van der Waals surface area contributed by atoms with E-state index in [0.29, 0.717) is 24.8 Å². The van der Waals surface area contributed by atoms with Crippen LogP contribution in [0.15, 0.2) is 28.8 Å². The van der Waals surface area contributed by atoms with Crippen molar-refractivity contribution >= 4 is 5.91 Å². The van der Waals surface area contributed by atoms with Crippen molar-refractivity contribution < 1.29 is 18.0 Å². The minimum Gasteiger partial charge on any atom is -0.441 e. The molecule has 0 saturated carbocycles. The lowest BCUT2D eigenvalue weighted by atomic mass is 10.0. The van der Waals surface area contributed by atoms with E-state index in [1.54, 1.807) is 11.9 Å². The largest absolute Gasteiger partial charge is 0.441 e. The number of hydrogen-bond donors (Lipinski definition) is 1. The van der Waals surface area contributed by atoms with Crippen LogP contribution in [0.5, 0.6) is 0 Å². The minimum atomic E-state index is -0.718. The van der Waals surface area contributed by atoms with Gasteiger partial charge >= 0.3 is 0 Å². The van der Waals surface area contributed by atoms with Crippen LogP contribution in [0.25, 0.3) is 11.3 Å². The first-order chi connectivity index (χ1) is 12.3. The third-order valence-corrected chi connectivity index (χ3v) is 4.38. The SMILES string of the molecule is CC(C)C(N)CCN(C)C(=O)CCc1ncc(-c2ccc(F)cc2F)o1. The van der Waals surface area contributed by atoms with Crippen molar-refractivity contribution in [3.63, 3.8) is 0 Å². The summed E-state index contributed by atoms with van der Waals surface area (Å²) in [5.74, 6) is -0.489. The first-order valence-corrected chi connectivity index (χ1v) is 8.67. The van der Waals surface area contributed by atoms with E-state index in [0.717, 1.165) is 18.6 Å². The molecule has 0 aliphatic carbocycles. The number of hydrogen-bond acceptors (Lipinski definition) is 4. The van der Waals surface area contributed by atoms with E-state index in [-0.39, 0.29) is 29.7 Å². The Kier molecular flexibility index (Phi) is 6.85. The topological polar surface area (TPSA) is 72.4 Å². The van der Waals surface area contributed by atoms with Crippen molar-refractivity contribution in [1.29, 1.82) is 0 Å². The quantitative estimate of drug-likeness (QED) is 0.778. The second kappa shape index (κ2) is 8.89. The van der Waals surface area contributed by atoms with Crippen molar-refractivity contribution in [1.82, 2.24) is 9.88 Å². The van der Waals surface area contributed by atoms with Crippen LogP contribution < -0.4 is 5.73 Å². The Hall–Kier alpha value is -2.28. The van der Waals surface area contributed by atoms with Crippen molar-refractivity contribution in [2.45, 2.75) is 39.2 Å². The second-order valence-corrected chi connectivity index (χ2v) is 6.75. The van der Waals surface area contributed by atoms with Crippen LogP contribution >= 0.6 is 0 Å². The van der Waals surface area contributed by atoms with Crippen molar-refractivity contribution in [2.75, 3.05) is 13.6 Å². The van der Waals surface area contributed by atoms with Gasteiger partial charge in [-0.15, -0.1) is 0 Å². The summed E-state index contributed by atoms with van der Waals surface area (Å²) in [7, 11) is 1.74. The molecule has 1 amide bonds. The van der Waals surface area contributed by atoms with Gasteiger partial charge in [0.25, 0.3) is 0 Å². The van der Waals surface area contributed by atoms with Crippen molar-refractivity contribution in [3.05, 3.63) is 41.9 Å². The summed E-state index contributed by atoms with van der Waals surface area (Å²) >= 11 is 0. The second-order valence-electron chi connectivity index (χ2n) is 6.75. The Morgan fingerprint density at radius 1 is 1.35 bits per heavy atom. The molecule has 0 spiro atoms. The van der Waals surface area contributed by atoms with Crippen LogP contribution in [0.2, 0.25) is 0 Å². The molecule has 1 unspecified atom stereocenters. The molecule has 5 nitrogen and oxygen atoms in total. The molecule has 2 N–H and O–H groups in total. The number of rotatable bonds is 8. The Morgan fingerprint density at radius 2 is 2.08 bits per heavy atom. The van der Waals surface area contributed by atoms with Gasteiger partial charge in [0.1, 0.15) is 11.6 Å². The van der Waals surface area contributed by atoms with Crippen molar-refractivity contribution in [2.24, 2.45) is 11.7 Å². The summed E-state index contributed by atoms with van der Waals surface area (Å²) < 4.78 is 32.2. The van der Waals surface area contributed by atoms with Crippen LogP contribution in [-0.4, -0.2) is 35.4 Å². The molecule has 0 aliphatic rings. The number of amides is 1. The molecule has 1 aromatic heterocycles. The van der Waals surface area contributed by atoms with E-state index in [2.05, 4.69) is 18.8 Å². The summed E-state index contributed by atoms with van der Waals surface area (Å²) in [5.41, 5.74) is 6.13. The zero-order valence-electron chi connectivity index (χ0n) is 15.3. The molecule has 1 aromatic carbocycles. The van der Waals surface area contributed by atoms with E-state index >= 15 is 0 Å². The number of aryl methyl sites for hydroxylation is 1. The average Bonchev–Trinajstić information content (AvgIpc) is 3.05. The fourth-order valence-corrected chi connectivity index (χ4v) is 2.45. The molecule has 26 heavy (non-hydrogen) atoms. The summed E-state index contributed by atoms with van der Waals surface area (Å²) in [6.07, 6.45) is 2.66. The molecular formula is C19H25F2N3O2. The van der Waals surface area contributed by atoms with Gasteiger partial charge in [-0.2, -0.15) is 0 Å². The Morgan fingerprint density at radius 3 is 2.73 bits per heavy atom. The van der Waals surface area contributed by atoms with Crippen LogP contribution in [0, 0.1) is 17.6 Å². The third-order valence-electron chi connectivity index (χ3n) is 4.38. The standard InChI is InChI=1S/C19H25F2N3O2/c1-12(2)16(22)8-9-24(3)19(25)7-6-18-23-11-17(26-18)14-5-4-13(20)10-15(14)21/h4-5,10-12,16H,6-9,22H2,1-3H3. The van der Waals surface area contributed by atoms with E-state index < -0.39 is 11.6 Å². The van der Waals surface area contributed by atoms with Gasteiger partial charge in [0.2, 0.25) is 5.91 Å². The summed E-state index contributed by atoms with van der Waals surface area (Å²) in [5, 5.41) is 0. The third kappa shape index (κ3) is 5.36. The summed E-state index contributed by atoms with van der Waals surface area (Å²) in [6.45, 7) is 4.70. The lowest BCUT2D eigenvalue weighted by Crippen LogP contribution is -2.34. The zero-order valence-corrected chi connectivity index (χ0v) is 15.3. The Balaban J connectivity index is 1.88. The maximum Gasteiger partial charge on any atom is 0.222 e. The molecule has 0 bridgehead atoms. The first-order valence-electron chi connectivity index (χ1n) is 8.67. The van der Waals surface area contributed by atoms with Gasteiger partial charge in [0, 0.05) is 38.5 Å². The number of benzene rings is 1. The van der Waals surface area contributed by atoms with Crippen LogP contribution in [-0.2, 0) is 11.2 Å². The highest BCUT2D eigenvalue weighted by Crippen LogP contribution is 2.24. The highest BCUT2D eigenvalue weighted by atomic mass is 19.1. The molecule has 142 valence electrons. The van der Waals surface area contributed by atoms with Gasteiger partial charge in [-0.05, 0) is 24.5 Å². The number of oxazole rings is 1. The lowest BCUT2D eigenvalue weighted by Gasteiger charge is -2.21. The number of nitrogens with zero attached hydrogens (tertiary/aromatic N) is 2. The maximum absolute atomic E-state index is 13.8. The van der Waals surface area contributed by atoms with Crippen LogP contribution in [0.1, 0.15) is 32.6 Å². The number of carbonyl (C=O) groups is 1. The predicted molar refractivity (Wildman–Crippen MR) is 95.2 cm³/mol. The zero-order chi connectivity index (χ0) is 19.3. The number of halogens is 2. The molecule has 0 saturated heterocycles. The molecule has 2 rings (SSSR count). The van der Waals surface area contributed by atoms with Gasteiger partial charge < -0.3 is 15.1 Å². The van der Waals surface area contributed by atoms with Gasteiger partial charge in [0.05, 0.1) is 11.8 Å². The fourth-order valence-electron chi connectivity index (χ4n) is 2.45. The Bertz CT molecular complexity index is 746. The molecule has 2 aromatic rings. The van der Waals surface area contributed by atoms with Gasteiger partial charge in [-0.3, -0.25) is 4.79 Å². The monoisotopic (exact) mass is 365 g/mol. The maximum atomic E-state index is 13.8. The highest BCUT2D eigenvalue weighted by Gasteiger charge is 2.15. The highest BCUT2D eigenvalue weighted by molar-refractivity contribution is 5.76.